The van der Waals surface area contributed by atoms with Gasteiger partial charge < -0.3 is 10.6 Å². The number of alkyl halides is 3. The van der Waals surface area contributed by atoms with E-state index < -0.39 is 6.30 Å². The normalized spacial score (nSPS) is 13.7. The lowest BCUT2D eigenvalue weighted by molar-refractivity contribution is -0.212. The Hall–Kier alpha value is -3.68. The summed E-state index contributed by atoms with van der Waals surface area (Å²) in [4.78, 5) is 16.2. The molecule has 8 nitrogen and oxygen atoms in total. The molecule has 0 aliphatic heterocycles. The monoisotopic (exact) mass is 401 g/mol. The van der Waals surface area contributed by atoms with Crippen molar-refractivity contribution in [2.75, 3.05) is 17.7 Å². The average molecular weight is 401 g/mol. The number of pyridine rings is 1. The molecule has 0 radical (unpaired) electrons. The van der Waals surface area contributed by atoms with Gasteiger partial charge in [0.05, 0.1) is 17.3 Å². The van der Waals surface area contributed by atoms with Crippen molar-refractivity contribution in [3.05, 3.63) is 35.8 Å². The third-order valence-electron chi connectivity index (χ3n) is 4.25. The maximum atomic E-state index is 12.7. The van der Waals surface area contributed by atoms with Crippen LogP contribution in [0.15, 0.2) is 24.7 Å². The minimum Gasteiger partial charge on any atom is -0.371 e. The number of carbonyl (C=O) groups excluding carboxylic acids is 1. The van der Waals surface area contributed by atoms with Crippen LogP contribution in [0.4, 0.5) is 24.8 Å². The molecule has 3 heterocycles. The highest BCUT2D eigenvalue weighted by atomic mass is 19.4. The van der Waals surface area contributed by atoms with E-state index in [-0.39, 0.29) is 27.9 Å². The Bertz CT molecular complexity index is 1160. The third kappa shape index (κ3) is 3.96. The average Bonchev–Trinajstić information content (AvgIpc) is 3.43. The molecule has 29 heavy (non-hydrogen) atoms. The van der Waals surface area contributed by atoms with Crippen molar-refractivity contribution in [3.63, 3.8) is 0 Å². The van der Waals surface area contributed by atoms with Crippen molar-refractivity contribution in [1.82, 2.24) is 25.0 Å². The molecule has 1 saturated carbocycles. The van der Waals surface area contributed by atoms with E-state index in [0.717, 1.165) is 25.2 Å². The molecule has 1 amide bonds. The summed E-state index contributed by atoms with van der Waals surface area (Å²) in [6, 6.07) is 1.62. The zero-order chi connectivity index (χ0) is 20.6. The van der Waals surface area contributed by atoms with Gasteiger partial charge in [0.1, 0.15) is 5.52 Å². The lowest BCUT2D eigenvalue weighted by Gasteiger charge is -2.08. The number of rotatable bonds is 3. The van der Waals surface area contributed by atoms with Crippen LogP contribution in [0.5, 0.6) is 0 Å². The quantitative estimate of drug-likeness (QED) is 0.655. The first-order valence-corrected chi connectivity index (χ1v) is 8.64. The summed E-state index contributed by atoms with van der Waals surface area (Å²) in [5.74, 6) is 6.06. The molecule has 2 N–H and O–H groups in total. The molecule has 3 aromatic heterocycles. The Labute approximate surface area is 162 Å². The van der Waals surface area contributed by atoms with Crippen LogP contribution < -0.4 is 10.6 Å². The number of nitrogens with one attached hydrogen (secondary N) is 2. The zero-order valence-electron chi connectivity index (χ0n) is 15.1. The van der Waals surface area contributed by atoms with E-state index in [2.05, 4.69) is 42.8 Å². The first-order chi connectivity index (χ1) is 13.8. The Morgan fingerprint density at radius 3 is 2.69 bits per heavy atom. The summed E-state index contributed by atoms with van der Waals surface area (Å²) in [5.41, 5.74) is 0.947. The van der Waals surface area contributed by atoms with Gasteiger partial charge in [-0.3, -0.25) is 4.79 Å². The van der Waals surface area contributed by atoms with Gasteiger partial charge in [0.15, 0.2) is 11.6 Å². The number of carbonyl (C=O) groups is 1. The molecule has 148 valence electrons. The number of aromatic nitrogens is 5. The lowest BCUT2D eigenvalue weighted by atomic mass is 10.1. The van der Waals surface area contributed by atoms with E-state index in [0.29, 0.717) is 22.3 Å². The highest BCUT2D eigenvalue weighted by Gasteiger charge is 2.31. The van der Waals surface area contributed by atoms with Crippen LogP contribution in [0.2, 0.25) is 0 Å². The minimum atomic E-state index is -4.60. The van der Waals surface area contributed by atoms with Gasteiger partial charge in [-0.15, -0.1) is 23.4 Å². The van der Waals surface area contributed by atoms with Crippen LogP contribution in [-0.2, 0) is 11.1 Å². The molecule has 0 unspecified atom stereocenters. The Morgan fingerprint density at radius 1 is 1.24 bits per heavy atom. The predicted molar refractivity (Wildman–Crippen MR) is 97.7 cm³/mol. The number of hydrogen-bond acceptors (Lipinski definition) is 6. The second-order valence-corrected chi connectivity index (χ2v) is 6.42. The number of halogens is 3. The van der Waals surface area contributed by atoms with E-state index in [1.807, 2.05) is 0 Å². The van der Waals surface area contributed by atoms with Crippen LogP contribution in [-0.4, -0.2) is 37.9 Å². The second kappa shape index (κ2) is 7.05. The summed E-state index contributed by atoms with van der Waals surface area (Å²) in [5, 5.41) is 17.5. The van der Waals surface area contributed by atoms with E-state index in [1.54, 1.807) is 13.1 Å². The fourth-order valence-electron chi connectivity index (χ4n) is 2.61. The standard InChI is InChI=1S/C18H14F3N7O/c1-22-16-15-13(6-14(26-27-15)25-17(29)11-4-5-11)12(8-23-16)3-2-10-7-24-28(9-10)18(19,20)21/h6-9,11H,4-5H2,1H3,(H,22,23)(H,25,26,29). The minimum absolute atomic E-state index is 0.00207. The SMILES string of the molecule is CNc1ncc(C#Cc2cnn(C(F)(F)F)c2)c2cc(NC(=O)C3CC3)nnc12. The molecule has 1 fully saturated rings. The number of anilines is 2. The molecule has 0 bridgehead atoms. The topological polar surface area (TPSA) is 97.6 Å². The number of hydrogen-bond donors (Lipinski definition) is 2. The molecular formula is C18H14F3N7O. The second-order valence-electron chi connectivity index (χ2n) is 6.42. The van der Waals surface area contributed by atoms with Gasteiger partial charge in [0.2, 0.25) is 5.91 Å². The van der Waals surface area contributed by atoms with Gasteiger partial charge in [0, 0.05) is 30.7 Å². The van der Waals surface area contributed by atoms with Crippen LogP contribution >= 0.6 is 0 Å². The fraction of sp³-hybridized carbons (Fsp3) is 0.278. The smallest absolute Gasteiger partial charge is 0.371 e. The molecule has 0 spiro atoms. The molecular weight excluding hydrogens is 387 g/mol. The van der Waals surface area contributed by atoms with E-state index in [4.69, 9.17) is 0 Å². The molecule has 0 aromatic carbocycles. The van der Waals surface area contributed by atoms with Crippen molar-refractivity contribution >= 4 is 28.4 Å². The third-order valence-corrected chi connectivity index (χ3v) is 4.25. The van der Waals surface area contributed by atoms with E-state index in [1.165, 1.54) is 6.20 Å². The van der Waals surface area contributed by atoms with Gasteiger partial charge in [-0.1, -0.05) is 11.8 Å². The van der Waals surface area contributed by atoms with Gasteiger partial charge in [-0.2, -0.15) is 9.78 Å². The van der Waals surface area contributed by atoms with Crippen LogP contribution in [0, 0.1) is 17.8 Å². The maximum Gasteiger partial charge on any atom is 0.504 e. The number of fused-ring (bicyclic) bond motifs is 1. The van der Waals surface area contributed by atoms with Crippen LogP contribution in [0.1, 0.15) is 24.0 Å². The summed E-state index contributed by atoms with van der Waals surface area (Å²) >= 11 is 0. The largest absolute Gasteiger partial charge is 0.504 e. The summed E-state index contributed by atoms with van der Waals surface area (Å²) in [7, 11) is 1.67. The van der Waals surface area contributed by atoms with Gasteiger partial charge >= 0.3 is 6.30 Å². The van der Waals surface area contributed by atoms with Crippen molar-refractivity contribution in [3.8, 4) is 11.8 Å². The molecule has 0 saturated heterocycles. The summed E-state index contributed by atoms with van der Waals surface area (Å²) in [6.07, 6.45) is 0.396. The molecule has 1 aliphatic carbocycles. The highest BCUT2D eigenvalue weighted by Crippen LogP contribution is 2.30. The number of amides is 1. The molecule has 1 aliphatic rings. The summed E-state index contributed by atoms with van der Waals surface area (Å²) < 4.78 is 37.8. The Balaban J connectivity index is 1.71. The molecule has 4 rings (SSSR count). The Kier molecular flexibility index (Phi) is 4.54. The van der Waals surface area contributed by atoms with Gasteiger partial charge in [-0.05, 0) is 18.9 Å². The molecule has 11 heteroatoms. The Morgan fingerprint density at radius 2 is 2.03 bits per heavy atom. The zero-order valence-corrected chi connectivity index (χ0v) is 15.1. The van der Waals surface area contributed by atoms with Gasteiger partial charge in [0.25, 0.3) is 0 Å². The fourth-order valence-corrected chi connectivity index (χ4v) is 2.61. The highest BCUT2D eigenvalue weighted by molar-refractivity contribution is 5.97. The van der Waals surface area contributed by atoms with Crippen molar-refractivity contribution in [2.45, 2.75) is 19.1 Å². The van der Waals surface area contributed by atoms with E-state index in [9.17, 15) is 18.0 Å². The van der Waals surface area contributed by atoms with Gasteiger partial charge in [-0.25, -0.2) is 4.98 Å². The van der Waals surface area contributed by atoms with Crippen molar-refractivity contribution < 1.29 is 18.0 Å². The molecule has 0 atom stereocenters. The number of nitrogens with zero attached hydrogens (tertiary/aromatic N) is 5. The van der Waals surface area contributed by atoms with Crippen LogP contribution in [0.3, 0.4) is 0 Å². The predicted octanol–water partition coefficient (Wildman–Crippen LogP) is 2.49. The lowest BCUT2D eigenvalue weighted by Crippen LogP contribution is -2.16. The summed E-state index contributed by atoms with van der Waals surface area (Å²) in [6.45, 7) is 0. The van der Waals surface area contributed by atoms with Crippen molar-refractivity contribution in [2.24, 2.45) is 5.92 Å². The van der Waals surface area contributed by atoms with E-state index >= 15 is 0 Å². The maximum absolute atomic E-state index is 12.7. The molecule has 3 aromatic rings. The first kappa shape index (κ1) is 18.7. The first-order valence-electron chi connectivity index (χ1n) is 8.64. The van der Waals surface area contributed by atoms with Crippen molar-refractivity contribution in [1.29, 1.82) is 0 Å². The van der Waals surface area contributed by atoms with Crippen LogP contribution in [0.25, 0.3) is 10.9 Å².